The van der Waals surface area contributed by atoms with E-state index in [1.807, 2.05) is 18.2 Å². The molecule has 1 aliphatic rings. The summed E-state index contributed by atoms with van der Waals surface area (Å²) in [6, 6.07) is 12.5. The van der Waals surface area contributed by atoms with Gasteiger partial charge in [0.25, 0.3) is 0 Å². The summed E-state index contributed by atoms with van der Waals surface area (Å²) in [4.78, 5) is 16.5. The van der Waals surface area contributed by atoms with Gasteiger partial charge in [-0.2, -0.15) is 0 Å². The van der Waals surface area contributed by atoms with Gasteiger partial charge < -0.3 is 14.4 Å². The van der Waals surface area contributed by atoms with Gasteiger partial charge in [-0.15, -0.1) is 0 Å². The van der Waals surface area contributed by atoms with Crippen molar-refractivity contribution in [1.82, 2.24) is 9.80 Å². The Hall–Kier alpha value is -2.60. The molecule has 0 radical (unpaired) electrons. The van der Waals surface area contributed by atoms with Gasteiger partial charge >= 0.3 is 0 Å². The minimum absolute atomic E-state index is 0.0253. The van der Waals surface area contributed by atoms with E-state index < -0.39 is 0 Å². The molecule has 28 heavy (non-hydrogen) atoms. The molecule has 1 amide bonds. The first-order valence-electron chi connectivity index (χ1n) is 9.46. The van der Waals surface area contributed by atoms with Crippen molar-refractivity contribution in [3.8, 4) is 11.5 Å². The molecule has 0 saturated carbocycles. The topological polar surface area (TPSA) is 42.0 Å². The van der Waals surface area contributed by atoms with E-state index in [2.05, 4.69) is 4.90 Å². The number of halogens is 1. The predicted molar refractivity (Wildman–Crippen MR) is 106 cm³/mol. The molecule has 150 valence electrons. The Balaban J connectivity index is 1.69. The summed E-state index contributed by atoms with van der Waals surface area (Å²) >= 11 is 0. The number of likely N-dealkylation sites (tertiary alicyclic amines) is 1. The van der Waals surface area contributed by atoms with Crippen LogP contribution in [0.1, 0.15) is 30.0 Å². The SMILES string of the molecule is COc1ccc(C2CCCN2CC(=O)N(C)Cc2ccccc2F)c(OC)c1. The molecule has 2 aromatic carbocycles. The number of nitrogens with zero attached hydrogens (tertiary/aromatic N) is 2. The van der Waals surface area contributed by atoms with Crippen LogP contribution in [0.3, 0.4) is 0 Å². The first-order chi connectivity index (χ1) is 13.5. The highest BCUT2D eigenvalue weighted by molar-refractivity contribution is 5.78. The molecule has 0 aromatic heterocycles. The quantitative estimate of drug-likeness (QED) is 0.729. The van der Waals surface area contributed by atoms with E-state index in [4.69, 9.17) is 9.47 Å². The summed E-state index contributed by atoms with van der Waals surface area (Å²) in [7, 11) is 4.99. The maximum absolute atomic E-state index is 13.9. The lowest BCUT2D eigenvalue weighted by molar-refractivity contribution is -0.131. The van der Waals surface area contributed by atoms with Crippen LogP contribution < -0.4 is 9.47 Å². The Morgan fingerprint density at radius 2 is 2.00 bits per heavy atom. The number of hydrogen-bond acceptors (Lipinski definition) is 4. The molecule has 1 aliphatic heterocycles. The maximum atomic E-state index is 13.9. The number of rotatable bonds is 7. The summed E-state index contributed by atoms with van der Waals surface area (Å²) in [6.45, 7) is 1.40. The standard InChI is InChI=1S/C22H27FN2O3/c1-24(14-16-7-4-5-8-19(16)23)22(26)15-25-12-6-9-20(25)18-11-10-17(27-2)13-21(18)28-3/h4-5,7-8,10-11,13,20H,6,9,12,14-15H2,1-3H3. The third kappa shape index (κ3) is 4.44. The largest absolute Gasteiger partial charge is 0.497 e. The van der Waals surface area contributed by atoms with Crippen LogP contribution in [0.25, 0.3) is 0 Å². The number of amides is 1. The van der Waals surface area contributed by atoms with Crippen molar-refractivity contribution in [2.75, 3.05) is 34.4 Å². The van der Waals surface area contributed by atoms with E-state index in [0.717, 1.165) is 36.4 Å². The van der Waals surface area contributed by atoms with Crippen LogP contribution in [-0.4, -0.2) is 50.1 Å². The second-order valence-corrected chi connectivity index (χ2v) is 7.08. The molecule has 1 saturated heterocycles. The van der Waals surface area contributed by atoms with E-state index in [9.17, 15) is 9.18 Å². The number of ether oxygens (including phenoxy) is 2. The average Bonchev–Trinajstić information content (AvgIpc) is 3.16. The number of methoxy groups -OCH3 is 2. The van der Waals surface area contributed by atoms with Crippen molar-refractivity contribution in [3.05, 3.63) is 59.4 Å². The fourth-order valence-electron chi connectivity index (χ4n) is 3.73. The van der Waals surface area contributed by atoms with Gasteiger partial charge in [0.1, 0.15) is 17.3 Å². The molecule has 1 atom stereocenters. The van der Waals surface area contributed by atoms with Crippen molar-refractivity contribution in [2.45, 2.75) is 25.4 Å². The zero-order valence-corrected chi connectivity index (χ0v) is 16.7. The van der Waals surface area contributed by atoms with Gasteiger partial charge in [0.15, 0.2) is 0 Å². The van der Waals surface area contributed by atoms with Gasteiger partial charge in [-0.25, -0.2) is 4.39 Å². The zero-order chi connectivity index (χ0) is 20.1. The number of carbonyl (C=O) groups is 1. The van der Waals surface area contributed by atoms with Crippen LogP contribution in [0.2, 0.25) is 0 Å². The summed E-state index contributed by atoms with van der Waals surface area (Å²) in [5, 5.41) is 0. The average molecular weight is 386 g/mol. The Kier molecular flexibility index (Phi) is 6.52. The molecule has 1 fully saturated rings. The molecule has 0 spiro atoms. The zero-order valence-electron chi connectivity index (χ0n) is 16.7. The van der Waals surface area contributed by atoms with Crippen molar-refractivity contribution in [3.63, 3.8) is 0 Å². The second kappa shape index (κ2) is 9.06. The number of benzene rings is 2. The van der Waals surface area contributed by atoms with Crippen LogP contribution in [0, 0.1) is 5.82 Å². The van der Waals surface area contributed by atoms with Crippen molar-refractivity contribution >= 4 is 5.91 Å². The summed E-state index contributed by atoms with van der Waals surface area (Å²) < 4.78 is 24.7. The third-order valence-corrected chi connectivity index (χ3v) is 5.29. The van der Waals surface area contributed by atoms with Crippen LogP contribution >= 0.6 is 0 Å². The molecule has 1 heterocycles. The Labute approximate surface area is 165 Å². The van der Waals surface area contributed by atoms with Crippen molar-refractivity contribution < 1.29 is 18.7 Å². The lowest BCUT2D eigenvalue weighted by Gasteiger charge is -2.28. The number of likely N-dealkylation sites (N-methyl/N-ethyl adjacent to an activating group) is 1. The lowest BCUT2D eigenvalue weighted by Crippen LogP contribution is -2.38. The smallest absolute Gasteiger partial charge is 0.236 e. The molecule has 5 nitrogen and oxygen atoms in total. The number of carbonyl (C=O) groups excluding carboxylic acids is 1. The Bertz CT molecular complexity index is 827. The van der Waals surface area contributed by atoms with Gasteiger partial charge in [-0.05, 0) is 31.5 Å². The van der Waals surface area contributed by atoms with E-state index in [1.165, 1.54) is 6.07 Å². The maximum Gasteiger partial charge on any atom is 0.236 e. The Morgan fingerprint density at radius 3 is 2.71 bits per heavy atom. The predicted octanol–water partition coefficient (Wildman–Crippen LogP) is 3.64. The van der Waals surface area contributed by atoms with Gasteiger partial charge in [-0.3, -0.25) is 9.69 Å². The third-order valence-electron chi connectivity index (χ3n) is 5.29. The summed E-state index contributed by atoms with van der Waals surface area (Å²) in [5.41, 5.74) is 1.58. The van der Waals surface area contributed by atoms with Crippen LogP contribution in [0.15, 0.2) is 42.5 Å². The summed E-state index contributed by atoms with van der Waals surface area (Å²) in [5.74, 6) is 1.20. The molecule has 0 N–H and O–H groups in total. The van der Waals surface area contributed by atoms with Gasteiger partial charge in [0.05, 0.1) is 20.8 Å². The minimum atomic E-state index is -0.288. The molecule has 2 aromatic rings. The van der Waals surface area contributed by atoms with Crippen molar-refractivity contribution in [2.24, 2.45) is 0 Å². The van der Waals surface area contributed by atoms with E-state index in [0.29, 0.717) is 12.1 Å². The van der Waals surface area contributed by atoms with E-state index in [-0.39, 0.29) is 24.3 Å². The van der Waals surface area contributed by atoms with E-state index in [1.54, 1.807) is 44.4 Å². The monoisotopic (exact) mass is 386 g/mol. The minimum Gasteiger partial charge on any atom is -0.497 e. The van der Waals surface area contributed by atoms with Crippen LogP contribution in [0.5, 0.6) is 11.5 Å². The highest BCUT2D eigenvalue weighted by Gasteiger charge is 2.30. The molecule has 0 bridgehead atoms. The molecule has 3 rings (SSSR count). The lowest BCUT2D eigenvalue weighted by atomic mass is 10.0. The highest BCUT2D eigenvalue weighted by Crippen LogP contribution is 2.38. The first kappa shape index (κ1) is 20.1. The summed E-state index contributed by atoms with van der Waals surface area (Å²) in [6.07, 6.45) is 1.98. The first-order valence-corrected chi connectivity index (χ1v) is 9.46. The normalized spacial score (nSPS) is 16.8. The van der Waals surface area contributed by atoms with Crippen LogP contribution in [0.4, 0.5) is 4.39 Å². The molecule has 6 heteroatoms. The highest BCUT2D eigenvalue weighted by atomic mass is 19.1. The fourth-order valence-corrected chi connectivity index (χ4v) is 3.73. The van der Waals surface area contributed by atoms with Crippen LogP contribution in [-0.2, 0) is 11.3 Å². The van der Waals surface area contributed by atoms with Gasteiger partial charge in [0, 0.05) is 36.8 Å². The molecular weight excluding hydrogens is 359 g/mol. The van der Waals surface area contributed by atoms with Gasteiger partial charge in [0.2, 0.25) is 5.91 Å². The molecule has 0 aliphatic carbocycles. The Morgan fingerprint density at radius 1 is 1.21 bits per heavy atom. The fraction of sp³-hybridized carbons (Fsp3) is 0.409. The molecular formula is C22H27FN2O3. The van der Waals surface area contributed by atoms with E-state index >= 15 is 0 Å². The number of hydrogen-bond donors (Lipinski definition) is 0. The van der Waals surface area contributed by atoms with Crippen molar-refractivity contribution in [1.29, 1.82) is 0 Å². The second-order valence-electron chi connectivity index (χ2n) is 7.08. The molecule has 1 unspecified atom stereocenters. The van der Waals surface area contributed by atoms with Gasteiger partial charge in [-0.1, -0.05) is 24.3 Å².